The Kier molecular flexibility index (Phi) is 2.61. The zero-order valence-corrected chi connectivity index (χ0v) is 9.99. The van der Waals surface area contributed by atoms with Crippen molar-refractivity contribution in [1.82, 2.24) is 15.0 Å². The van der Waals surface area contributed by atoms with E-state index in [9.17, 15) is 0 Å². The molecule has 4 heteroatoms. The van der Waals surface area contributed by atoms with Gasteiger partial charge in [0.15, 0.2) is 5.82 Å². The zero-order chi connectivity index (χ0) is 12.4. The first-order valence-corrected chi connectivity index (χ1v) is 5.69. The summed E-state index contributed by atoms with van der Waals surface area (Å²) in [5, 5.41) is 1.12. The number of benzene rings is 1. The molecule has 0 unspecified atom stereocenters. The highest BCUT2D eigenvalue weighted by molar-refractivity contribution is 5.83. The third-order valence-corrected chi connectivity index (χ3v) is 2.87. The van der Waals surface area contributed by atoms with Gasteiger partial charge in [0.1, 0.15) is 0 Å². The smallest absolute Gasteiger partial charge is 0.151 e. The fraction of sp³-hybridized carbons (Fsp3) is 0.0714. The molecule has 0 aliphatic carbocycles. The van der Waals surface area contributed by atoms with Gasteiger partial charge in [-0.15, -0.1) is 0 Å². The molecule has 0 N–H and O–H groups in total. The summed E-state index contributed by atoms with van der Waals surface area (Å²) in [6, 6.07) is 10.1. The van der Waals surface area contributed by atoms with E-state index in [1.807, 2.05) is 30.1 Å². The van der Waals surface area contributed by atoms with Crippen molar-refractivity contribution < 1.29 is 0 Å². The second-order valence-corrected chi connectivity index (χ2v) is 4.00. The highest BCUT2D eigenvalue weighted by atomic mass is 15.2. The molecule has 0 saturated heterocycles. The van der Waals surface area contributed by atoms with Crippen LogP contribution >= 0.6 is 0 Å². The first-order valence-electron chi connectivity index (χ1n) is 5.69. The van der Waals surface area contributed by atoms with Gasteiger partial charge >= 0.3 is 0 Å². The van der Waals surface area contributed by atoms with Crippen molar-refractivity contribution in [3.8, 4) is 0 Å². The average Bonchev–Trinajstić information content (AvgIpc) is 2.47. The van der Waals surface area contributed by atoms with E-state index < -0.39 is 0 Å². The fourth-order valence-corrected chi connectivity index (χ4v) is 1.87. The molecule has 0 aliphatic heterocycles. The minimum atomic E-state index is 0.820. The van der Waals surface area contributed by atoms with E-state index in [0.717, 1.165) is 22.4 Å². The number of pyridine rings is 1. The van der Waals surface area contributed by atoms with E-state index >= 15 is 0 Å². The Morgan fingerprint density at radius 2 is 1.94 bits per heavy atom. The maximum Gasteiger partial charge on any atom is 0.151 e. The molecule has 88 valence electrons. The van der Waals surface area contributed by atoms with Gasteiger partial charge in [0, 0.05) is 36.7 Å². The number of fused-ring (bicyclic) bond motifs is 1. The number of hydrogen-bond acceptors (Lipinski definition) is 4. The van der Waals surface area contributed by atoms with E-state index in [1.165, 1.54) is 0 Å². The van der Waals surface area contributed by atoms with Crippen LogP contribution < -0.4 is 4.90 Å². The number of anilines is 2. The monoisotopic (exact) mass is 236 g/mol. The lowest BCUT2D eigenvalue weighted by molar-refractivity contribution is 1.09. The summed E-state index contributed by atoms with van der Waals surface area (Å²) in [6.45, 7) is 0. The summed E-state index contributed by atoms with van der Waals surface area (Å²) < 4.78 is 0. The summed E-state index contributed by atoms with van der Waals surface area (Å²) >= 11 is 0. The van der Waals surface area contributed by atoms with E-state index in [1.54, 1.807) is 24.8 Å². The molecule has 2 heterocycles. The lowest BCUT2D eigenvalue weighted by Crippen LogP contribution is -2.11. The van der Waals surface area contributed by atoms with Crippen molar-refractivity contribution >= 4 is 22.4 Å². The lowest BCUT2D eigenvalue weighted by Gasteiger charge is -2.17. The Labute approximate surface area is 105 Å². The molecule has 18 heavy (non-hydrogen) atoms. The van der Waals surface area contributed by atoms with Gasteiger partial charge in [-0.25, -0.2) is 4.98 Å². The Balaban J connectivity index is 2.04. The van der Waals surface area contributed by atoms with Gasteiger partial charge in [0.25, 0.3) is 0 Å². The molecule has 0 spiro atoms. The molecule has 2 aromatic heterocycles. The van der Waals surface area contributed by atoms with Crippen LogP contribution in [0, 0.1) is 0 Å². The summed E-state index contributed by atoms with van der Waals surface area (Å²) in [6.07, 6.45) is 6.90. The molecule has 0 atom stereocenters. The van der Waals surface area contributed by atoms with Crippen LogP contribution in [0.1, 0.15) is 0 Å². The van der Waals surface area contributed by atoms with Crippen molar-refractivity contribution in [2.75, 3.05) is 11.9 Å². The SMILES string of the molecule is CN(c1ccc2ncccc2c1)c1cnccn1. The van der Waals surface area contributed by atoms with Gasteiger partial charge in [-0.3, -0.25) is 9.97 Å². The van der Waals surface area contributed by atoms with Gasteiger partial charge in [0.2, 0.25) is 0 Å². The normalized spacial score (nSPS) is 10.5. The lowest BCUT2D eigenvalue weighted by atomic mass is 10.2. The molecule has 0 bridgehead atoms. The Bertz CT molecular complexity index is 667. The van der Waals surface area contributed by atoms with Gasteiger partial charge in [-0.05, 0) is 24.3 Å². The van der Waals surface area contributed by atoms with Crippen LogP contribution in [0.4, 0.5) is 11.5 Å². The maximum atomic E-state index is 4.31. The van der Waals surface area contributed by atoms with E-state index in [0.29, 0.717) is 0 Å². The summed E-state index contributed by atoms with van der Waals surface area (Å²) in [4.78, 5) is 14.7. The maximum absolute atomic E-state index is 4.31. The minimum Gasteiger partial charge on any atom is -0.328 e. The van der Waals surface area contributed by atoms with Gasteiger partial charge in [-0.1, -0.05) is 6.07 Å². The molecular weight excluding hydrogens is 224 g/mol. The summed E-state index contributed by atoms with van der Waals surface area (Å²) in [5.41, 5.74) is 2.06. The van der Waals surface area contributed by atoms with Crippen molar-refractivity contribution in [2.45, 2.75) is 0 Å². The largest absolute Gasteiger partial charge is 0.328 e. The summed E-state index contributed by atoms with van der Waals surface area (Å²) in [5.74, 6) is 0.820. The first-order chi connectivity index (χ1) is 8.84. The van der Waals surface area contributed by atoms with Crippen LogP contribution in [0.2, 0.25) is 0 Å². The predicted molar refractivity (Wildman–Crippen MR) is 71.8 cm³/mol. The molecule has 0 aliphatic rings. The molecule has 1 aromatic carbocycles. The molecule has 0 radical (unpaired) electrons. The van der Waals surface area contributed by atoms with Crippen molar-refractivity contribution in [3.63, 3.8) is 0 Å². The van der Waals surface area contributed by atoms with Crippen LogP contribution in [-0.4, -0.2) is 22.0 Å². The molecule has 0 amide bonds. The van der Waals surface area contributed by atoms with Crippen molar-refractivity contribution in [2.24, 2.45) is 0 Å². The Hall–Kier alpha value is -2.49. The summed E-state index contributed by atoms with van der Waals surface area (Å²) in [7, 11) is 1.97. The number of hydrogen-bond donors (Lipinski definition) is 0. The molecular formula is C14H12N4. The van der Waals surface area contributed by atoms with Crippen molar-refractivity contribution in [3.05, 3.63) is 55.1 Å². The highest BCUT2D eigenvalue weighted by Crippen LogP contribution is 2.24. The third-order valence-electron chi connectivity index (χ3n) is 2.87. The minimum absolute atomic E-state index is 0.820. The number of nitrogens with zero attached hydrogens (tertiary/aromatic N) is 4. The number of aromatic nitrogens is 3. The van der Waals surface area contributed by atoms with Gasteiger partial charge in [0.05, 0.1) is 11.7 Å². The Morgan fingerprint density at radius 1 is 1.00 bits per heavy atom. The molecule has 3 rings (SSSR count). The van der Waals surface area contributed by atoms with Crippen LogP contribution in [-0.2, 0) is 0 Å². The first kappa shape index (κ1) is 10.7. The number of rotatable bonds is 2. The van der Waals surface area contributed by atoms with Crippen LogP contribution in [0.15, 0.2) is 55.1 Å². The standard InChI is InChI=1S/C14H12N4/c1-18(14-10-15-7-8-17-14)12-4-5-13-11(9-12)3-2-6-16-13/h2-10H,1H3. The highest BCUT2D eigenvalue weighted by Gasteiger charge is 2.05. The predicted octanol–water partition coefficient (Wildman–Crippen LogP) is 2.79. The van der Waals surface area contributed by atoms with E-state index in [-0.39, 0.29) is 0 Å². The zero-order valence-electron chi connectivity index (χ0n) is 9.99. The third kappa shape index (κ3) is 1.88. The van der Waals surface area contributed by atoms with Crippen LogP contribution in [0.3, 0.4) is 0 Å². The molecule has 3 aromatic rings. The topological polar surface area (TPSA) is 41.9 Å². The molecule has 4 nitrogen and oxygen atoms in total. The second-order valence-electron chi connectivity index (χ2n) is 4.00. The van der Waals surface area contributed by atoms with Crippen molar-refractivity contribution in [1.29, 1.82) is 0 Å². The van der Waals surface area contributed by atoms with E-state index in [2.05, 4.69) is 27.1 Å². The average molecular weight is 236 g/mol. The molecule has 0 saturated carbocycles. The van der Waals surface area contributed by atoms with Crippen LogP contribution in [0.5, 0.6) is 0 Å². The van der Waals surface area contributed by atoms with Gasteiger partial charge < -0.3 is 4.90 Å². The fourth-order valence-electron chi connectivity index (χ4n) is 1.87. The quantitative estimate of drug-likeness (QED) is 0.686. The van der Waals surface area contributed by atoms with E-state index in [4.69, 9.17) is 0 Å². The molecule has 0 fully saturated rings. The van der Waals surface area contributed by atoms with Crippen LogP contribution in [0.25, 0.3) is 10.9 Å². The Morgan fingerprint density at radius 3 is 2.78 bits per heavy atom. The second kappa shape index (κ2) is 4.41. The van der Waals surface area contributed by atoms with Gasteiger partial charge in [-0.2, -0.15) is 0 Å².